The summed E-state index contributed by atoms with van der Waals surface area (Å²) in [6, 6.07) is 6.49. The molecule has 0 aliphatic heterocycles. The van der Waals surface area contributed by atoms with E-state index in [0.29, 0.717) is 23.7 Å². The van der Waals surface area contributed by atoms with Crippen molar-refractivity contribution >= 4 is 26.6 Å². The first-order valence-corrected chi connectivity index (χ1v) is 11.2. The molecule has 1 aromatic heterocycles. The largest absolute Gasteiger partial charge is 0.368 e. The number of aromatic nitrogens is 2. The molecule has 1 aliphatic carbocycles. The van der Waals surface area contributed by atoms with E-state index >= 15 is 0 Å². The van der Waals surface area contributed by atoms with Crippen LogP contribution >= 0.6 is 0 Å². The summed E-state index contributed by atoms with van der Waals surface area (Å²) in [5.74, 6) is -0.760. The van der Waals surface area contributed by atoms with Crippen LogP contribution < -0.4 is 17.0 Å². The molecule has 0 spiro atoms. The first-order chi connectivity index (χ1) is 13.3. The molecule has 2 N–H and O–H groups in total. The molecule has 1 heterocycles. The fourth-order valence-corrected chi connectivity index (χ4v) is 5.81. The number of rotatable bonds is 7. The van der Waals surface area contributed by atoms with E-state index in [-0.39, 0.29) is 30.5 Å². The van der Waals surface area contributed by atoms with Crippen LogP contribution in [0.25, 0.3) is 10.9 Å². The number of carbonyl (C=O) groups excluding carboxylic acids is 1. The fourth-order valence-electron chi connectivity index (χ4n) is 3.89. The van der Waals surface area contributed by atoms with Gasteiger partial charge < -0.3 is 5.73 Å². The van der Waals surface area contributed by atoms with Crippen LogP contribution in [0.4, 0.5) is 0 Å². The molecule has 0 radical (unpaired) electrons. The molecular formula is C19H25N3O5S. The summed E-state index contributed by atoms with van der Waals surface area (Å²) in [6.45, 7) is -0.368. The molecular weight excluding hydrogens is 382 g/mol. The van der Waals surface area contributed by atoms with E-state index in [0.717, 1.165) is 28.4 Å². The normalized spacial score (nSPS) is 15.7. The van der Waals surface area contributed by atoms with E-state index < -0.39 is 27.0 Å². The van der Waals surface area contributed by atoms with Crippen molar-refractivity contribution in [2.45, 2.75) is 56.9 Å². The Morgan fingerprint density at radius 1 is 1.07 bits per heavy atom. The second kappa shape index (κ2) is 8.30. The van der Waals surface area contributed by atoms with E-state index in [9.17, 15) is 22.8 Å². The second-order valence-corrected chi connectivity index (χ2v) is 9.69. The Morgan fingerprint density at radius 2 is 1.75 bits per heavy atom. The van der Waals surface area contributed by atoms with Crippen molar-refractivity contribution in [3.05, 3.63) is 45.1 Å². The monoisotopic (exact) mass is 407 g/mol. The number of carbonyl (C=O) groups is 1. The van der Waals surface area contributed by atoms with Crippen molar-refractivity contribution in [1.29, 1.82) is 0 Å². The van der Waals surface area contributed by atoms with Gasteiger partial charge in [-0.1, -0.05) is 31.4 Å². The Morgan fingerprint density at radius 3 is 2.43 bits per heavy atom. The average molecular weight is 407 g/mol. The Kier molecular flexibility index (Phi) is 6.02. The lowest BCUT2D eigenvalue weighted by Gasteiger charge is -2.21. The van der Waals surface area contributed by atoms with Crippen LogP contribution in [0.5, 0.6) is 0 Å². The minimum absolute atomic E-state index is 0.0206. The number of hydrogen-bond acceptors (Lipinski definition) is 5. The Hall–Kier alpha value is -2.42. The SMILES string of the molecule is NC(=O)Cn1c(=O)n(CCCS(=O)(=O)C2CCCCC2)c(=O)c2ccccc21. The van der Waals surface area contributed by atoms with Gasteiger partial charge in [0.25, 0.3) is 5.56 Å². The molecule has 0 saturated heterocycles. The number of primary amides is 1. The third kappa shape index (κ3) is 4.19. The van der Waals surface area contributed by atoms with Gasteiger partial charge in [0.2, 0.25) is 5.91 Å². The van der Waals surface area contributed by atoms with E-state index in [1.807, 2.05) is 0 Å². The molecule has 1 amide bonds. The smallest absolute Gasteiger partial charge is 0.331 e. The van der Waals surface area contributed by atoms with Gasteiger partial charge in [-0.2, -0.15) is 0 Å². The number of para-hydroxylation sites is 1. The number of benzene rings is 1. The highest BCUT2D eigenvalue weighted by atomic mass is 32.2. The van der Waals surface area contributed by atoms with Crippen molar-refractivity contribution in [2.24, 2.45) is 5.73 Å². The van der Waals surface area contributed by atoms with Gasteiger partial charge in [0.05, 0.1) is 21.9 Å². The summed E-state index contributed by atoms with van der Waals surface area (Å²) in [7, 11) is -3.25. The molecule has 1 aliphatic rings. The number of hydrogen-bond donors (Lipinski definition) is 1. The predicted molar refractivity (Wildman–Crippen MR) is 107 cm³/mol. The molecule has 1 saturated carbocycles. The highest BCUT2D eigenvalue weighted by Gasteiger charge is 2.26. The van der Waals surface area contributed by atoms with Gasteiger partial charge in [0.1, 0.15) is 6.54 Å². The van der Waals surface area contributed by atoms with Crippen molar-refractivity contribution < 1.29 is 13.2 Å². The predicted octanol–water partition coefficient (Wildman–Crippen LogP) is 0.786. The second-order valence-electron chi connectivity index (χ2n) is 7.29. The van der Waals surface area contributed by atoms with Gasteiger partial charge in [-0.25, -0.2) is 13.2 Å². The number of fused-ring (bicyclic) bond motifs is 1. The van der Waals surface area contributed by atoms with Crippen LogP contribution in [0.3, 0.4) is 0 Å². The molecule has 1 aromatic carbocycles. The molecule has 0 bridgehead atoms. The molecule has 8 nitrogen and oxygen atoms in total. The van der Waals surface area contributed by atoms with Gasteiger partial charge in [0, 0.05) is 6.54 Å². The molecule has 28 heavy (non-hydrogen) atoms. The van der Waals surface area contributed by atoms with E-state index in [4.69, 9.17) is 5.73 Å². The summed E-state index contributed by atoms with van der Waals surface area (Å²) in [5, 5.41) is -0.0282. The summed E-state index contributed by atoms with van der Waals surface area (Å²) in [4.78, 5) is 36.9. The van der Waals surface area contributed by atoms with Crippen molar-refractivity contribution in [3.63, 3.8) is 0 Å². The van der Waals surface area contributed by atoms with Gasteiger partial charge in [-0.3, -0.25) is 18.7 Å². The van der Waals surface area contributed by atoms with Gasteiger partial charge in [-0.05, 0) is 31.4 Å². The van der Waals surface area contributed by atoms with Crippen LogP contribution in [0, 0.1) is 0 Å². The minimum Gasteiger partial charge on any atom is -0.368 e. The lowest BCUT2D eigenvalue weighted by Crippen LogP contribution is -2.42. The highest BCUT2D eigenvalue weighted by molar-refractivity contribution is 7.92. The van der Waals surface area contributed by atoms with E-state index in [2.05, 4.69) is 0 Å². The third-order valence-corrected chi connectivity index (χ3v) is 7.66. The maximum Gasteiger partial charge on any atom is 0.331 e. The number of nitrogens with zero attached hydrogens (tertiary/aromatic N) is 2. The molecule has 0 atom stereocenters. The molecule has 9 heteroatoms. The maximum absolute atomic E-state index is 12.8. The fraction of sp³-hybridized carbons (Fsp3) is 0.526. The number of amides is 1. The summed E-state index contributed by atoms with van der Waals surface area (Å²) >= 11 is 0. The van der Waals surface area contributed by atoms with E-state index in [1.54, 1.807) is 24.3 Å². The molecule has 0 unspecified atom stereocenters. The minimum atomic E-state index is -3.25. The maximum atomic E-state index is 12.8. The summed E-state index contributed by atoms with van der Waals surface area (Å²) in [6.07, 6.45) is 4.45. The molecule has 152 valence electrons. The van der Waals surface area contributed by atoms with Crippen LogP contribution in [-0.4, -0.2) is 34.5 Å². The van der Waals surface area contributed by atoms with E-state index in [1.165, 1.54) is 0 Å². The van der Waals surface area contributed by atoms with Crippen molar-refractivity contribution in [1.82, 2.24) is 9.13 Å². The lowest BCUT2D eigenvalue weighted by atomic mass is 10.0. The number of sulfone groups is 1. The third-order valence-electron chi connectivity index (χ3n) is 5.32. The summed E-state index contributed by atoms with van der Waals surface area (Å²) < 4.78 is 27.2. The standard InChI is InChI=1S/C19H25N3O5S/c20-17(23)13-22-16-10-5-4-9-15(16)18(24)21(19(22)25)11-6-12-28(26,27)14-7-2-1-3-8-14/h4-5,9-10,14H,1-3,6-8,11-13H2,(H2,20,23). The quantitative estimate of drug-likeness (QED) is 0.727. The van der Waals surface area contributed by atoms with Crippen molar-refractivity contribution in [3.8, 4) is 0 Å². The van der Waals surface area contributed by atoms with Gasteiger partial charge in [0.15, 0.2) is 9.84 Å². The Labute approximate surface area is 162 Å². The van der Waals surface area contributed by atoms with Crippen LogP contribution in [0.1, 0.15) is 38.5 Å². The molecule has 2 aromatic rings. The highest BCUT2D eigenvalue weighted by Crippen LogP contribution is 2.24. The molecule has 1 fully saturated rings. The van der Waals surface area contributed by atoms with Crippen molar-refractivity contribution in [2.75, 3.05) is 5.75 Å². The van der Waals surface area contributed by atoms with Crippen LogP contribution in [-0.2, 0) is 27.7 Å². The average Bonchev–Trinajstić information content (AvgIpc) is 2.68. The molecule has 3 rings (SSSR count). The first-order valence-electron chi connectivity index (χ1n) is 9.53. The Bertz CT molecular complexity index is 1090. The van der Waals surface area contributed by atoms with Crippen LogP contribution in [0.15, 0.2) is 33.9 Å². The zero-order valence-corrected chi connectivity index (χ0v) is 16.5. The lowest BCUT2D eigenvalue weighted by molar-refractivity contribution is -0.118. The van der Waals surface area contributed by atoms with Gasteiger partial charge >= 0.3 is 5.69 Å². The Balaban J connectivity index is 1.88. The van der Waals surface area contributed by atoms with Gasteiger partial charge in [-0.15, -0.1) is 0 Å². The zero-order chi connectivity index (χ0) is 20.3. The summed E-state index contributed by atoms with van der Waals surface area (Å²) in [5.41, 5.74) is 4.44. The first kappa shape index (κ1) is 20.3. The zero-order valence-electron chi connectivity index (χ0n) is 15.7. The topological polar surface area (TPSA) is 121 Å². The number of nitrogens with two attached hydrogens (primary N) is 1. The van der Waals surface area contributed by atoms with Crippen LogP contribution in [0.2, 0.25) is 0 Å².